The van der Waals surface area contributed by atoms with Crippen molar-refractivity contribution in [3.8, 4) is 0 Å². The van der Waals surface area contributed by atoms with Crippen LogP contribution in [0, 0.1) is 0 Å². The van der Waals surface area contributed by atoms with E-state index >= 15 is 0 Å². The second-order valence-electron chi connectivity index (χ2n) is 0. The molecule has 0 amide bonds. The Labute approximate surface area is 64.9 Å². The fourth-order valence-corrected chi connectivity index (χ4v) is 0. The topological polar surface area (TPSA) is 17.1 Å². The third-order valence-electron chi connectivity index (χ3n) is 0. The number of rotatable bonds is 0. The normalized spacial score (nSPS) is 1.00. The zero-order valence-corrected chi connectivity index (χ0v) is 7.76. The predicted molar refractivity (Wildman–Crippen MR) is 19.2 cm³/mol. The van der Waals surface area contributed by atoms with E-state index < -0.39 is 0 Å². The van der Waals surface area contributed by atoms with Crippen LogP contribution in [0.2, 0.25) is 0 Å². The summed E-state index contributed by atoms with van der Waals surface area (Å²) in [5.41, 5.74) is 0. The summed E-state index contributed by atoms with van der Waals surface area (Å²) in [6.07, 6.45) is 0. The minimum absolute atomic E-state index is 0. The standard InChI is InChI=1S/GeH2O.In.Zn.3H/c1-2;;;;;/h1H2;;;;;. The van der Waals surface area contributed by atoms with Gasteiger partial charge in [0.05, 0.1) is 0 Å². The molecule has 0 saturated heterocycles. The van der Waals surface area contributed by atoms with E-state index in [0.29, 0.717) is 0 Å². The van der Waals surface area contributed by atoms with Crippen LogP contribution in [0.15, 0.2) is 0 Å². The van der Waals surface area contributed by atoms with Crippen molar-refractivity contribution in [3.05, 3.63) is 0 Å². The molecule has 0 aliphatic rings. The van der Waals surface area contributed by atoms with Crippen LogP contribution in [0.1, 0.15) is 0 Å². The number of hydrogen-bond acceptors (Lipinski definition) is 1. The van der Waals surface area contributed by atoms with Gasteiger partial charge in [-0.3, -0.25) is 0 Å². The fraction of sp³-hybridized carbons (Fsp3) is 0. The Bertz CT molecular complexity index is 8.00. The van der Waals surface area contributed by atoms with E-state index in [-0.39, 0.29) is 61.8 Å². The van der Waals surface area contributed by atoms with Crippen LogP contribution >= 0.6 is 0 Å². The zero-order chi connectivity index (χ0) is 2.00. The van der Waals surface area contributed by atoms with E-state index in [1.807, 2.05) is 0 Å². The molecule has 0 aromatic rings. The summed E-state index contributed by atoms with van der Waals surface area (Å²) in [6, 6.07) is 0. The molecule has 0 aromatic heterocycles. The van der Waals surface area contributed by atoms with E-state index in [0.717, 1.165) is 0 Å². The van der Waals surface area contributed by atoms with Crippen molar-refractivity contribution in [1.29, 1.82) is 0 Å². The van der Waals surface area contributed by atoms with Gasteiger partial charge < -0.3 is 0 Å². The van der Waals surface area contributed by atoms with E-state index in [1.54, 1.807) is 0 Å². The summed E-state index contributed by atoms with van der Waals surface area (Å²) in [7, 11) is 0. The Morgan fingerprint density at radius 2 is 1.25 bits per heavy atom. The predicted octanol–water partition coefficient (Wildman–Crippen LogP) is -2.22. The van der Waals surface area contributed by atoms with Gasteiger partial charge in [-0.2, -0.15) is 0 Å². The molecule has 4 heavy (non-hydrogen) atoms. The molecule has 0 aliphatic carbocycles. The van der Waals surface area contributed by atoms with Crippen molar-refractivity contribution in [2.24, 2.45) is 0 Å². The van der Waals surface area contributed by atoms with Gasteiger partial charge in [0.25, 0.3) is 0 Å². The maximum atomic E-state index is 8.38. The molecular formula is H5GeInOZn. The minimum Gasteiger partial charge on any atom is 0 e. The molecule has 0 spiro atoms. The van der Waals surface area contributed by atoms with E-state index in [4.69, 9.17) is 3.78 Å². The molecule has 0 fully saturated rings. The molecule has 0 bridgehead atoms. The van der Waals surface area contributed by atoms with Crippen LogP contribution in [-0.4, -0.2) is 42.3 Å². The van der Waals surface area contributed by atoms with E-state index in [2.05, 4.69) is 0 Å². The fourth-order valence-electron chi connectivity index (χ4n) is 0. The Morgan fingerprint density at radius 1 is 1.25 bits per heavy atom. The van der Waals surface area contributed by atoms with Gasteiger partial charge in [0.2, 0.25) is 0 Å². The Hall–Kier alpha value is 1.84. The van der Waals surface area contributed by atoms with Crippen molar-refractivity contribution in [2.45, 2.75) is 0 Å². The van der Waals surface area contributed by atoms with Gasteiger partial charge in [0.1, 0.15) is 0 Å². The summed E-state index contributed by atoms with van der Waals surface area (Å²) in [6.45, 7) is 0. The first-order chi connectivity index (χ1) is 1.00. The van der Waals surface area contributed by atoms with Crippen molar-refractivity contribution in [1.82, 2.24) is 0 Å². The largest absolute Gasteiger partial charge is 0 e. The van der Waals surface area contributed by atoms with Crippen LogP contribution in [-0.2, 0) is 23.3 Å². The molecular weight excluding hydrogens is 269 g/mol. The van der Waals surface area contributed by atoms with Crippen LogP contribution in [0.5, 0.6) is 0 Å². The Morgan fingerprint density at radius 3 is 1.25 bits per heavy atom. The second-order valence-corrected chi connectivity index (χ2v) is 0. The molecule has 0 aliphatic heterocycles. The van der Waals surface area contributed by atoms with E-state index in [1.165, 1.54) is 0 Å². The van der Waals surface area contributed by atoms with Crippen LogP contribution < -0.4 is 0 Å². The Balaban J connectivity index is -0.00000000500. The second kappa shape index (κ2) is 21.1. The third kappa shape index (κ3) is 9.15. The first-order valence-corrected chi connectivity index (χ1v) is 1.50. The smallest absolute Gasteiger partial charge is 0 e. The maximum absolute atomic E-state index is 8.38. The molecule has 0 saturated carbocycles. The van der Waals surface area contributed by atoms with Gasteiger partial charge >= 0.3 is 46.1 Å². The number of hydrogen-bond donors (Lipinski definition) is 0. The molecule has 0 atom stereocenters. The van der Waals surface area contributed by atoms with Crippen LogP contribution in [0.3, 0.4) is 0 Å². The summed E-state index contributed by atoms with van der Waals surface area (Å²) < 4.78 is 8.38. The van der Waals surface area contributed by atoms with Crippen LogP contribution in [0.25, 0.3) is 0 Å². The molecule has 0 heterocycles. The third-order valence-corrected chi connectivity index (χ3v) is 0. The van der Waals surface area contributed by atoms with Crippen molar-refractivity contribution >= 4 is 42.3 Å². The average Bonchev–Trinajstić information content (AvgIpc) is 1.00. The van der Waals surface area contributed by atoms with Gasteiger partial charge in [-0.05, 0) is 0 Å². The van der Waals surface area contributed by atoms with Crippen molar-refractivity contribution in [2.75, 3.05) is 0 Å². The van der Waals surface area contributed by atoms with Gasteiger partial charge in [0, 0.05) is 19.5 Å². The van der Waals surface area contributed by atoms with Crippen LogP contribution in [0.4, 0.5) is 0 Å². The molecule has 20 valence electrons. The molecule has 0 aromatic carbocycles. The van der Waals surface area contributed by atoms with Crippen molar-refractivity contribution < 1.29 is 23.3 Å². The molecule has 0 N–H and O–H groups in total. The summed E-state index contributed by atoms with van der Waals surface area (Å²) >= 11 is 0.125. The molecule has 0 unspecified atom stereocenters. The van der Waals surface area contributed by atoms with Gasteiger partial charge in [-0.1, -0.05) is 0 Å². The first kappa shape index (κ1) is 17.0. The Kier molecular flexibility index (Phi) is 89.5. The quantitative estimate of drug-likeness (QED) is 0.457. The molecule has 0 rings (SSSR count). The average molecular weight is 274 g/mol. The van der Waals surface area contributed by atoms with Gasteiger partial charge in [-0.15, -0.1) is 0 Å². The molecule has 1 nitrogen and oxygen atoms in total. The minimum atomic E-state index is 0. The zero-order valence-electron chi connectivity index (χ0n) is 1.82. The monoisotopic (exact) mass is 274 g/mol. The summed E-state index contributed by atoms with van der Waals surface area (Å²) in [5, 5.41) is 0. The molecule has 0 radical (unpaired) electrons. The maximum Gasteiger partial charge on any atom is 0 e. The summed E-state index contributed by atoms with van der Waals surface area (Å²) in [5.74, 6) is 0. The van der Waals surface area contributed by atoms with Gasteiger partial charge in [0.15, 0.2) is 0 Å². The molecule has 4 heteroatoms. The van der Waals surface area contributed by atoms with E-state index in [9.17, 15) is 0 Å². The SMILES string of the molecule is [InH3].[O]=[GeH2].[Zn]. The summed E-state index contributed by atoms with van der Waals surface area (Å²) in [4.78, 5) is 0. The van der Waals surface area contributed by atoms with Crippen molar-refractivity contribution in [3.63, 3.8) is 0 Å². The van der Waals surface area contributed by atoms with Gasteiger partial charge in [-0.25, -0.2) is 0 Å². The first-order valence-electron chi connectivity index (χ1n) is 0.289.